The highest BCUT2D eigenvalue weighted by atomic mass is 35.5. The largest absolute Gasteiger partial charge is 0.360 e. The Morgan fingerprint density at radius 2 is 1.86 bits per heavy atom. The second-order valence-electron chi connectivity index (χ2n) is 7.29. The van der Waals surface area contributed by atoms with Gasteiger partial charge in [-0.05, 0) is 50.3 Å². The lowest BCUT2D eigenvalue weighted by Gasteiger charge is -2.18. The second-order valence-corrected chi connectivity index (χ2v) is 7.65. The molecule has 0 aliphatic heterocycles. The smallest absolute Gasteiger partial charge is 0.160 e. The van der Waals surface area contributed by atoms with Crippen LogP contribution in [0.25, 0.3) is 22.4 Å². The molecule has 0 saturated heterocycles. The molecule has 0 bridgehead atoms. The lowest BCUT2D eigenvalue weighted by molar-refractivity contribution is 0.482. The first kappa shape index (κ1) is 20.6. The fourth-order valence-electron chi connectivity index (χ4n) is 3.67. The molecular weight excluding hydrogens is 370 g/mol. The molecule has 3 aromatic heterocycles. The molecule has 0 N–H and O–H groups in total. The van der Waals surface area contributed by atoms with E-state index in [2.05, 4.69) is 61.3 Å². The van der Waals surface area contributed by atoms with Gasteiger partial charge in [-0.3, -0.25) is 0 Å². The van der Waals surface area contributed by atoms with Gasteiger partial charge in [-0.15, -0.1) is 0 Å². The quantitative estimate of drug-likeness (QED) is 0.501. The lowest BCUT2D eigenvalue weighted by Crippen LogP contribution is -2.17. The zero-order valence-corrected chi connectivity index (χ0v) is 18.5. The van der Waals surface area contributed by atoms with E-state index in [1.165, 1.54) is 5.56 Å². The van der Waals surface area contributed by atoms with Crippen molar-refractivity contribution in [2.75, 3.05) is 18.5 Å². The Balaban J connectivity index is 2.17. The molecule has 0 saturated carbocycles. The van der Waals surface area contributed by atoms with Crippen LogP contribution in [-0.2, 0) is 6.42 Å². The highest BCUT2D eigenvalue weighted by Crippen LogP contribution is 2.33. The summed E-state index contributed by atoms with van der Waals surface area (Å²) in [6.07, 6.45) is 7.02. The van der Waals surface area contributed by atoms with E-state index in [1.54, 1.807) is 0 Å². The minimum atomic E-state index is 0.407. The average Bonchev–Trinajstić information content (AvgIpc) is 3.02. The molecule has 0 aliphatic carbocycles. The van der Waals surface area contributed by atoms with Crippen LogP contribution >= 0.6 is 11.6 Å². The Morgan fingerprint density at radius 1 is 1.14 bits per heavy atom. The molecule has 6 heteroatoms. The van der Waals surface area contributed by atoms with Gasteiger partial charge in [0, 0.05) is 37.6 Å². The van der Waals surface area contributed by atoms with Gasteiger partial charge in [-0.25, -0.2) is 15.0 Å². The Bertz CT molecular complexity index is 975. The second kappa shape index (κ2) is 8.48. The van der Waals surface area contributed by atoms with Gasteiger partial charge in [0.2, 0.25) is 0 Å². The number of fused-ring (bicyclic) bond motifs is 1. The number of hydrogen-bond donors (Lipinski definition) is 0. The van der Waals surface area contributed by atoms with Crippen LogP contribution in [0.15, 0.2) is 18.5 Å². The Kier molecular flexibility index (Phi) is 6.23. The van der Waals surface area contributed by atoms with Crippen LogP contribution in [0.4, 0.5) is 5.82 Å². The molecule has 3 rings (SSSR count). The Hall–Kier alpha value is -2.14. The zero-order valence-electron chi connectivity index (χ0n) is 17.8. The van der Waals surface area contributed by atoms with E-state index in [0.29, 0.717) is 11.2 Å². The van der Waals surface area contributed by atoms with Crippen molar-refractivity contribution < 1.29 is 0 Å². The monoisotopic (exact) mass is 399 g/mol. The summed E-state index contributed by atoms with van der Waals surface area (Å²) in [5, 5.41) is 0.436. The molecule has 0 aromatic carbocycles. The number of hydrogen-bond acceptors (Lipinski definition) is 4. The fourth-order valence-corrected chi connectivity index (χ4v) is 3.90. The van der Waals surface area contributed by atoms with E-state index in [0.717, 1.165) is 59.6 Å². The van der Waals surface area contributed by atoms with Gasteiger partial charge in [-0.2, -0.15) is 0 Å². The van der Waals surface area contributed by atoms with E-state index in [4.69, 9.17) is 21.6 Å². The Labute approximate surface area is 172 Å². The van der Waals surface area contributed by atoms with E-state index < -0.39 is 0 Å². The molecule has 0 radical (unpaired) electrons. The lowest BCUT2D eigenvalue weighted by atomic mass is 10.0. The van der Waals surface area contributed by atoms with Crippen LogP contribution in [0.5, 0.6) is 0 Å². The van der Waals surface area contributed by atoms with Crippen molar-refractivity contribution in [3.05, 3.63) is 34.7 Å². The minimum absolute atomic E-state index is 0.407. The molecule has 0 fully saturated rings. The fraction of sp³-hybridized carbons (Fsp3) is 0.500. The van der Waals surface area contributed by atoms with Gasteiger partial charge in [0.25, 0.3) is 0 Å². The van der Waals surface area contributed by atoms with Gasteiger partial charge < -0.3 is 9.47 Å². The van der Waals surface area contributed by atoms with Crippen LogP contribution in [0.2, 0.25) is 5.15 Å². The summed E-state index contributed by atoms with van der Waals surface area (Å²) in [7, 11) is 2.05. The first-order chi connectivity index (χ1) is 13.4. The summed E-state index contributed by atoms with van der Waals surface area (Å²) < 4.78 is 2.23. The molecule has 0 amide bonds. The number of aryl methyl sites for hydroxylation is 2. The molecule has 150 valence electrons. The van der Waals surface area contributed by atoms with Crippen molar-refractivity contribution in [3.8, 4) is 11.3 Å². The first-order valence-corrected chi connectivity index (χ1v) is 10.6. The van der Waals surface area contributed by atoms with Crippen LogP contribution in [-0.4, -0.2) is 33.1 Å². The molecule has 3 heterocycles. The van der Waals surface area contributed by atoms with Gasteiger partial charge in [0.05, 0.1) is 0 Å². The summed E-state index contributed by atoms with van der Waals surface area (Å²) in [5.74, 6) is 0.962. The van der Waals surface area contributed by atoms with Gasteiger partial charge >= 0.3 is 0 Å². The molecule has 0 spiro atoms. The SMILES string of the molecule is CCc1cc(N(C)CC)ncc1-c1nc2c(C)cn(C(CC)CC)c2nc1Cl. The molecule has 28 heavy (non-hydrogen) atoms. The molecule has 0 aliphatic rings. The van der Waals surface area contributed by atoms with E-state index in [-0.39, 0.29) is 0 Å². The first-order valence-electron chi connectivity index (χ1n) is 10.2. The molecule has 0 unspecified atom stereocenters. The van der Waals surface area contributed by atoms with Crippen LogP contribution < -0.4 is 4.90 Å². The molecule has 0 atom stereocenters. The van der Waals surface area contributed by atoms with Gasteiger partial charge in [0.15, 0.2) is 10.8 Å². The van der Waals surface area contributed by atoms with Crippen molar-refractivity contribution in [3.63, 3.8) is 0 Å². The third-order valence-electron chi connectivity index (χ3n) is 5.60. The predicted molar refractivity (Wildman–Crippen MR) is 118 cm³/mol. The topological polar surface area (TPSA) is 46.8 Å². The summed E-state index contributed by atoms with van der Waals surface area (Å²) in [6, 6.07) is 2.53. The number of pyridine rings is 1. The minimum Gasteiger partial charge on any atom is -0.360 e. The van der Waals surface area contributed by atoms with Gasteiger partial charge in [0.1, 0.15) is 17.0 Å². The van der Waals surface area contributed by atoms with Crippen LogP contribution in [0, 0.1) is 6.92 Å². The number of nitrogens with zero attached hydrogens (tertiary/aromatic N) is 5. The van der Waals surface area contributed by atoms with Crippen LogP contribution in [0.3, 0.4) is 0 Å². The van der Waals surface area contributed by atoms with E-state index in [9.17, 15) is 0 Å². The van der Waals surface area contributed by atoms with Gasteiger partial charge in [-0.1, -0.05) is 32.4 Å². The molecule has 5 nitrogen and oxygen atoms in total. The number of aromatic nitrogens is 4. The van der Waals surface area contributed by atoms with E-state index >= 15 is 0 Å². The van der Waals surface area contributed by atoms with Crippen molar-refractivity contribution in [2.24, 2.45) is 0 Å². The maximum absolute atomic E-state index is 6.64. The van der Waals surface area contributed by atoms with Crippen molar-refractivity contribution in [2.45, 2.75) is 59.9 Å². The third-order valence-corrected chi connectivity index (χ3v) is 5.86. The summed E-state index contributed by atoms with van der Waals surface area (Å²) in [5.41, 5.74) is 5.77. The maximum Gasteiger partial charge on any atom is 0.160 e. The number of rotatable bonds is 7. The maximum atomic E-state index is 6.64. The average molecular weight is 400 g/mol. The Morgan fingerprint density at radius 3 is 2.46 bits per heavy atom. The highest BCUT2D eigenvalue weighted by molar-refractivity contribution is 6.32. The van der Waals surface area contributed by atoms with E-state index in [1.807, 2.05) is 13.2 Å². The zero-order chi connectivity index (χ0) is 20.4. The van der Waals surface area contributed by atoms with Crippen molar-refractivity contribution >= 4 is 28.6 Å². The van der Waals surface area contributed by atoms with Crippen LogP contribution in [0.1, 0.15) is 57.7 Å². The predicted octanol–water partition coefficient (Wildman–Crippen LogP) is 5.83. The number of anilines is 1. The molecular formula is C22H30ClN5. The normalized spacial score (nSPS) is 11.6. The molecule has 3 aromatic rings. The number of halogens is 1. The highest BCUT2D eigenvalue weighted by Gasteiger charge is 2.19. The summed E-state index contributed by atoms with van der Waals surface area (Å²) in [4.78, 5) is 16.5. The van der Waals surface area contributed by atoms with Crippen molar-refractivity contribution in [1.82, 2.24) is 19.5 Å². The van der Waals surface area contributed by atoms with Crippen molar-refractivity contribution in [1.29, 1.82) is 0 Å². The third kappa shape index (κ3) is 3.60. The summed E-state index contributed by atoms with van der Waals surface area (Å²) in [6.45, 7) is 11.7. The standard InChI is InChI=1S/C22H30ClN5/c1-7-15-11-18(27(6)10-4)24-12-17(15)20-21(23)26-22-19(25-20)14(5)13-28(22)16(8-2)9-3/h11-13,16H,7-10H2,1-6H3. The summed E-state index contributed by atoms with van der Waals surface area (Å²) >= 11 is 6.64.